The number of rotatable bonds is 6. The third-order valence-electron chi connectivity index (χ3n) is 3.24. The summed E-state index contributed by atoms with van der Waals surface area (Å²) in [5.74, 6) is -0.534. The minimum absolute atomic E-state index is 0.0125. The zero-order chi connectivity index (χ0) is 15.9. The van der Waals surface area contributed by atoms with E-state index in [1.54, 1.807) is 24.3 Å². The standard InChI is InChI=1S/C16H24N2O3/c1-16(2,3)13(9-10-19)18-14(20)11-17-15(21)12-7-5-4-6-8-12/h4-8,13,19H,9-11H2,1-3H3,(H,17,21)(H,18,20). The lowest BCUT2D eigenvalue weighted by molar-refractivity contribution is -0.121. The summed E-state index contributed by atoms with van der Waals surface area (Å²) >= 11 is 0. The fraction of sp³-hybridized carbons (Fsp3) is 0.500. The Labute approximate surface area is 125 Å². The van der Waals surface area contributed by atoms with E-state index in [1.165, 1.54) is 0 Å². The normalized spacial score (nSPS) is 12.6. The maximum atomic E-state index is 11.9. The van der Waals surface area contributed by atoms with E-state index in [1.807, 2.05) is 26.8 Å². The Hall–Kier alpha value is -1.88. The average Bonchev–Trinajstić information content (AvgIpc) is 2.44. The molecule has 0 fully saturated rings. The molecule has 0 aliphatic heterocycles. The molecule has 1 unspecified atom stereocenters. The molecule has 0 aromatic heterocycles. The summed E-state index contributed by atoms with van der Waals surface area (Å²) in [4.78, 5) is 23.7. The monoisotopic (exact) mass is 292 g/mol. The highest BCUT2D eigenvalue weighted by molar-refractivity contribution is 5.96. The van der Waals surface area contributed by atoms with Gasteiger partial charge in [-0.25, -0.2) is 0 Å². The van der Waals surface area contributed by atoms with Crippen molar-refractivity contribution >= 4 is 11.8 Å². The minimum atomic E-state index is -0.278. The van der Waals surface area contributed by atoms with Gasteiger partial charge in [-0.05, 0) is 24.0 Å². The third kappa shape index (κ3) is 5.95. The molecule has 0 spiro atoms. The van der Waals surface area contributed by atoms with Crippen molar-refractivity contribution in [2.75, 3.05) is 13.2 Å². The first kappa shape index (κ1) is 17.2. The Balaban J connectivity index is 2.48. The van der Waals surface area contributed by atoms with Gasteiger partial charge >= 0.3 is 0 Å². The molecular weight excluding hydrogens is 268 g/mol. The van der Waals surface area contributed by atoms with E-state index in [4.69, 9.17) is 5.11 Å². The fourth-order valence-corrected chi connectivity index (χ4v) is 1.95. The molecule has 0 saturated heterocycles. The highest BCUT2D eigenvalue weighted by Gasteiger charge is 2.25. The van der Waals surface area contributed by atoms with Crippen molar-refractivity contribution in [3.63, 3.8) is 0 Å². The van der Waals surface area contributed by atoms with Crippen molar-refractivity contribution in [3.8, 4) is 0 Å². The molecule has 0 aliphatic carbocycles. The van der Waals surface area contributed by atoms with E-state index >= 15 is 0 Å². The van der Waals surface area contributed by atoms with Gasteiger partial charge in [0.2, 0.25) is 5.91 Å². The second kappa shape index (κ2) is 7.78. The summed E-state index contributed by atoms with van der Waals surface area (Å²) in [7, 11) is 0. The van der Waals surface area contributed by atoms with Crippen LogP contribution in [0.25, 0.3) is 0 Å². The van der Waals surface area contributed by atoms with Crippen molar-refractivity contribution in [2.24, 2.45) is 5.41 Å². The molecule has 3 N–H and O–H groups in total. The Morgan fingerprint density at radius 3 is 2.33 bits per heavy atom. The van der Waals surface area contributed by atoms with E-state index in [0.717, 1.165) is 0 Å². The predicted molar refractivity (Wildman–Crippen MR) is 81.9 cm³/mol. The Morgan fingerprint density at radius 2 is 1.81 bits per heavy atom. The number of hydrogen-bond acceptors (Lipinski definition) is 3. The topological polar surface area (TPSA) is 78.4 Å². The zero-order valence-corrected chi connectivity index (χ0v) is 12.8. The second-order valence-corrected chi connectivity index (χ2v) is 6.05. The first-order valence-corrected chi connectivity index (χ1v) is 7.08. The molecule has 1 rings (SSSR count). The van der Waals surface area contributed by atoms with Gasteiger partial charge in [-0.3, -0.25) is 9.59 Å². The molecule has 0 radical (unpaired) electrons. The largest absolute Gasteiger partial charge is 0.396 e. The third-order valence-corrected chi connectivity index (χ3v) is 3.24. The number of benzene rings is 1. The maximum Gasteiger partial charge on any atom is 0.251 e. The van der Waals surface area contributed by atoms with Gasteiger partial charge in [-0.15, -0.1) is 0 Å². The summed E-state index contributed by atoms with van der Waals surface area (Å²) < 4.78 is 0. The fourth-order valence-electron chi connectivity index (χ4n) is 1.95. The second-order valence-electron chi connectivity index (χ2n) is 6.05. The van der Waals surface area contributed by atoms with Gasteiger partial charge in [0.1, 0.15) is 0 Å². The molecule has 5 heteroatoms. The van der Waals surface area contributed by atoms with Gasteiger partial charge in [0.05, 0.1) is 6.54 Å². The van der Waals surface area contributed by atoms with Gasteiger partial charge in [0, 0.05) is 18.2 Å². The van der Waals surface area contributed by atoms with Gasteiger partial charge in [0.25, 0.3) is 5.91 Å². The number of hydrogen-bond donors (Lipinski definition) is 3. The van der Waals surface area contributed by atoms with Crippen molar-refractivity contribution < 1.29 is 14.7 Å². The summed E-state index contributed by atoms with van der Waals surface area (Å²) in [6.45, 7) is 5.92. The molecule has 21 heavy (non-hydrogen) atoms. The minimum Gasteiger partial charge on any atom is -0.396 e. The van der Waals surface area contributed by atoms with Crippen LogP contribution in [0.5, 0.6) is 0 Å². The van der Waals surface area contributed by atoms with Gasteiger partial charge in [-0.2, -0.15) is 0 Å². The van der Waals surface area contributed by atoms with Gasteiger partial charge < -0.3 is 15.7 Å². The van der Waals surface area contributed by atoms with E-state index in [9.17, 15) is 9.59 Å². The molecule has 0 aliphatic rings. The van der Waals surface area contributed by atoms with Crippen LogP contribution in [0, 0.1) is 5.41 Å². The van der Waals surface area contributed by atoms with Crippen LogP contribution in [0.2, 0.25) is 0 Å². The van der Waals surface area contributed by atoms with Crippen molar-refractivity contribution in [2.45, 2.75) is 33.2 Å². The Morgan fingerprint density at radius 1 is 1.19 bits per heavy atom. The van der Waals surface area contributed by atoms with E-state index < -0.39 is 0 Å². The molecular formula is C16H24N2O3. The number of amides is 2. The molecule has 1 atom stereocenters. The van der Waals surface area contributed by atoms with Crippen molar-refractivity contribution in [1.29, 1.82) is 0 Å². The Kier molecular flexibility index (Phi) is 6.37. The van der Waals surface area contributed by atoms with E-state index in [2.05, 4.69) is 10.6 Å². The van der Waals surface area contributed by atoms with Crippen LogP contribution in [0.15, 0.2) is 30.3 Å². The number of aliphatic hydroxyl groups is 1. The predicted octanol–water partition coefficient (Wildman–Crippen LogP) is 1.33. The summed E-state index contributed by atoms with van der Waals surface area (Å²) in [6, 6.07) is 8.61. The lowest BCUT2D eigenvalue weighted by atomic mass is 9.85. The first-order chi connectivity index (χ1) is 9.84. The number of carbonyl (C=O) groups is 2. The van der Waals surface area contributed by atoms with Crippen LogP contribution in [-0.2, 0) is 4.79 Å². The molecule has 1 aromatic carbocycles. The highest BCUT2D eigenvalue weighted by Crippen LogP contribution is 2.21. The quantitative estimate of drug-likeness (QED) is 0.740. The lowest BCUT2D eigenvalue weighted by Crippen LogP contribution is -2.47. The van der Waals surface area contributed by atoms with Crippen LogP contribution < -0.4 is 10.6 Å². The lowest BCUT2D eigenvalue weighted by Gasteiger charge is -2.31. The van der Waals surface area contributed by atoms with Gasteiger partial charge in [0.15, 0.2) is 0 Å². The molecule has 0 heterocycles. The zero-order valence-electron chi connectivity index (χ0n) is 12.8. The van der Waals surface area contributed by atoms with Crippen LogP contribution in [0.3, 0.4) is 0 Å². The van der Waals surface area contributed by atoms with Gasteiger partial charge in [-0.1, -0.05) is 39.0 Å². The smallest absolute Gasteiger partial charge is 0.251 e. The summed E-state index contributed by atoms with van der Waals surface area (Å²) in [6.07, 6.45) is 0.488. The van der Waals surface area contributed by atoms with Crippen LogP contribution in [0.1, 0.15) is 37.6 Å². The van der Waals surface area contributed by atoms with Crippen molar-refractivity contribution in [3.05, 3.63) is 35.9 Å². The van der Waals surface area contributed by atoms with E-state index in [-0.39, 0.29) is 36.4 Å². The molecule has 0 bridgehead atoms. The van der Waals surface area contributed by atoms with Crippen molar-refractivity contribution in [1.82, 2.24) is 10.6 Å². The molecule has 5 nitrogen and oxygen atoms in total. The number of nitrogens with one attached hydrogen (secondary N) is 2. The van der Waals surface area contributed by atoms with Crippen LogP contribution >= 0.6 is 0 Å². The molecule has 2 amide bonds. The number of aliphatic hydroxyl groups excluding tert-OH is 1. The van der Waals surface area contributed by atoms with E-state index in [0.29, 0.717) is 12.0 Å². The average molecular weight is 292 g/mol. The molecule has 0 saturated carbocycles. The summed E-state index contributed by atoms with van der Waals surface area (Å²) in [5, 5.41) is 14.5. The van der Waals surface area contributed by atoms with Crippen LogP contribution in [-0.4, -0.2) is 36.1 Å². The molecule has 116 valence electrons. The SMILES string of the molecule is CC(C)(C)C(CCO)NC(=O)CNC(=O)c1ccccc1. The summed E-state index contributed by atoms with van der Waals surface area (Å²) in [5.41, 5.74) is 0.370. The highest BCUT2D eigenvalue weighted by atomic mass is 16.3. The maximum absolute atomic E-state index is 11.9. The first-order valence-electron chi connectivity index (χ1n) is 7.08. The Bertz CT molecular complexity index is 466. The molecule has 1 aromatic rings. The number of carbonyl (C=O) groups excluding carboxylic acids is 2. The van der Waals surface area contributed by atoms with Crippen LogP contribution in [0.4, 0.5) is 0 Å².